The van der Waals surface area contributed by atoms with Crippen molar-refractivity contribution in [2.75, 3.05) is 13.1 Å². The Morgan fingerprint density at radius 3 is 1.98 bits per heavy atom. The molecule has 0 aliphatic heterocycles. The highest BCUT2D eigenvalue weighted by molar-refractivity contribution is 6.04. The van der Waals surface area contributed by atoms with Gasteiger partial charge in [-0.15, -0.1) is 0 Å². The largest absolute Gasteiger partial charge is 0.390 e. The van der Waals surface area contributed by atoms with Crippen LogP contribution in [0.2, 0.25) is 0 Å². The second-order valence-corrected chi connectivity index (χ2v) is 10.1. The smallest absolute Gasteiger partial charge is 0.253 e. The lowest BCUT2D eigenvalue weighted by molar-refractivity contribution is -0.00832. The Morgan fingerprint density at radius 2 is 1.43 bits per heavy atom. The molecule has 8 nitrogen and oxygen atoms in total. The molecular formula is C30H41F2N3O5. The Morgan fingerprint density at radius 1 is 0.850 bits per heavy atom. The van der Waals surface area contributed by atoms with Crippen LogP contribution in [0.15, 0.2) is 36.4 Å². The molecule has 0 aliphatic carbocycles. The van der Waals surface area contributed by atoms with Crippen LogP contribution in [0.25, 0.3) is 0 Å². The molecule has 2 aromatic carbocycles. The molecule has 40 heavy (non-hydrogen) atoms. The van der Waals surface area contributed by atoms with E-state index >= 15 is 0 Å². The summed E-state index contributed by atoms with van der Waals surface area (Å²) in [4.78, 5) is 40.3. The Labute approximate surface area is 234 Å². The van der Waals surface area contributed by atoms with Crippen molar-refractivity contribution < 1.29 is 33.4 Å². The van der Waals surface area contributed by atoms with Crippen LogP contribution in [0.5, 0.6) is 0 Å². The highest BCUT2D eigenvalue weighted by Gasteiger charge is 2.29. The molecule has 0 radical (unpaired) electrons. The van der Waals surface area contributed by atoms with E-state index in [9.17, 15) is 33.4 Å². The van der Waals surface area contributed by atoms with Crippen molar-refractivity contribution in [1.29, 1.82) is 0 Å². The third kappa shape index (κ3) is 9.67. The van der Waals surface area contributed by atoms with Gasteiger partial charge < -0.3 is 26.2 Å². The Hall–Kier alpha value is -3.37. The van der Waals surface area contributed by atoms with Crippen molar-refractivity contribution in [3.05, 3.63) is 70.3 Å². The summed E-state index contributed by atoms with van der Waals surface area (Å²) in [6.07, 6.45) is 1.22. The average Bonchev–Trinajstić information content (AvgIpc) is 2.90. The van der Waals surface area contributed by atoms with Crippen LogP contribution in [0.4, 0.5) is 8.78 Å². The van der Waals surface area contributed by atoms with Crippen LogP contribution in [-0.2, 0) is 6.42 Å². The van der Waals surface area contributed by atoms with Gasteiger partial charge in [-0.3, -0.25) is 14.4 Å². The number of aliphatic hydroxyl groups excluding tert-OH is 2. The summed E-state index contributed by atoms with van der Waals surface area (Å²) < 4.78 is 27.7. The lowest BCUT2D eigenvalue weighted by Gasteiger charge is -2.28. The maximum absolute atomic E-state index is 13.9. The lowest BCUT2D eigenvalue weighted by atomic mass is 9.94. The first-order valence-corrected chi connectivity index (χ1v) is 13.9. The summed E-state index contributed by atoms with van der Waals surface area (Å²) in [6, 6.07) is 5.64. The van der Waals surface area contributed by atoms with Gasteiger partial charge in [0.1, 0.15) is 17.7 Å². The fraction of sp³-hybridized carbons (Fsp3) is 0.500. The van der Waals surface area contributed by atoms with Gasteiger partial charge in [-0.05, 0) is 61.6 Å². The molecule has 0 bridgehead atoms. The van der Waals surface area contributed by atoms with E-state index in [1.54, 1.807) is 4.90 Å². The quantitative estimate of drug-likeness (QED) is 0.230. The number of carbonyl (C=O) groups excluding carboxylic acids is 3. The van der Waals surface area contributed by atoms with E-state index < -0.39 is 41.7 Å². The molecule has 0 aromatic heterocycles. The average molecular weight is 562 g/mol. The van der Waals surface area contributed by atoms with Crippen LogP contribution in [-0.4, -0.2) is 64.2 Å². The molecule has 0 heterocycles. The van der Waals surface area contributed by atoms with Crippen LogP contribution in [0, 0.1) is 11.6 Å². The van der Waals surface area contributed by atoms with Gasteiger partial charge in [-0.2, -0.15) is 0 Å². The normalized spacial score (nSPS) is 13.4. The molecule has 10 heteroatoms. The van der Waals surface area contributed by atoms with E-state index in [-0.39, 0.29) is 41.0 Å². The molecule has 3 atom stereocenters. The molecule has 0 saturated carbocycles. The Bertz CT molecular complexity index is 1130. The number of nitrogens with zero attached hydrogens (tertiary/aromatic N) is 1. The number of amides is 3. The van der Waals surface area contributed by atoms with Gasteiger partial charge in [0.2, 0.25) is 5.91 Å². The predicted octanol–water partition coefficient (Wildman–Crippen LogP) is 3.97. The van der Waals surface area contributed by atoms with Gasteiger partial charge in [-0.25, -0.2) is 8.78 Å². The van der Waals surface area contributed by atoms with E-state index in [1.165, 1.54) is 18.2 Å². The molecule has 3 amide bonds. The Balaban J connectivity index is 2.42. The summed E-state index contributed by atoms with van der Waals surface area (Å²) >= 11 is 0. The second kappa shape index (κ2) is 16.0. The van der Waals surface area contributed by atoms with Crippen molar-refractivity contribution >= 4 is 17.7 Å². The number of benzene rings is 2. The van der Waals surface area contributed by atoms with Gasteiger partial charge in [-0.1, -0.05) is 40.0 Å². The van der Waals surface area contributed by atoms with Crippen LogP contribution in [0.3, 0.4) is 0 Å². The van der Waals surface area contributed by atoms with E-state index in [0.717, 1.165) is 37.8 Å². The highest BCUT2D eigenvalue weighted by Crippen LogP contribution is 2.18. The summed E-state index contributed by atoms with van der Waals surface area (Å²) in [7, 11) is 0. The van der Waals surface area contributed by atoms with Gasteiger partial charge >= 0.3 is 0 Å². The van der Waals surface area contributed by atoms with Crippen LogP contribution in [0.1, 0.15) is 95.9 Å². The summed E-state index contributed by atoms with van der Waals surface area (Å²) in [5.41, 5.74) is 5.65. The molecule has 2 rings (SSSR count). The Kier molecular flexibility index (Phi) is 13.2. The summed E-state index contributed by atoms with van der Waals surface area (Å²) in [6.45, 7) is 6.84. The SMILES string of the molecule is CCCCCC(O)C(O)C(Cc1cc(F)cc(F)c1)NC(=O)c1cc(C(N)=O)cc(C(=O)N(CCC)CCC)c1. The zero-order chi connectivity index (χ0) is 29.8. The number of nitrogens with one attached hydrogen (secondary N) is 1. The number of aliphatic hydroxyl groups is 2. The van der Waals surface area contributed by atoms with Crippen molar-refractivity contribution in [3.8, 4) is 0 Å². The minimum Gasteiger partial charge on any atom is -0.390 e. The molecule has 5 N–H and O–H groups in total. The zero-order valence-corrected chi connectivity index (χ0v) is 23.5. The van der Waals surface area contributed by atoms with E-state index in [2.05, 4.69) is 5.32 Å². The third-order valence-corrected chi connectivity index (χ3v) is 6.61. The minimum atomic E-state index is -1.46. The summed E-state index contributed by atoms with van der Waals surface area (Å²) in [5.74, 6) is -3.59. The molecule has 0 spiro atoms. The number of halogens is 2. The molecule has 3 unspecified atom stereocenters. The monoisotopic (exact) mass is 561 g/mol. The second-order valence-electron chi connectivity index (χ2n) is 10.1. The number of nitrogens with two attached hydrogens (primary N) is 1. The first-order valence-electron chi connectivity index (χ1n) is 13.9. The van der Waals surface area contributed by atoms with Crippen molar-refractivity contribution in [2.45, 2.75) is 84.0 Å². The highest BCUT2D eigenvalue weighted by atomic mass is 19.1. The molecule has 2 aromatic rings. The predicted molar refractivity (Wildman–Crippen MR) is 149 cm³/mol. The van der Waals surface area contributed by atoms with Crippen molar-refractivity contribution in [2.24, 2.45) is 5.73 Å². The number of rotatable bonds is 16. The maximum atomic E-state index is 13.9. The standard InChI is InChI=1S/C30H41F2N3O5/c1-4-7-8-9-26(36)27(37)25(14-19-12-23(31)18-24(32)13-19)34-29(39)21-15-20(28(33)38)16-22(17-21)30(40)35(10-5-2)11-6-3/h12-13,15-18,25-27,36-37H,4-11,14H2,1-3H3,(H2,33,38)(H,34,39). The minimum absolute atomic E-state index is 0.0483. The van der Waals surface area contributed by atoms with Crippen LogP contribution >= 0.6 is 0 Å². The van der Waals surface area contributed by atoms with E-state index in [1.807, 2.05) is 20.8 Å². The third-order valence-electron chi connectivity index (χ3n) is 6.61. The number of primary amides is 1. The molecule has 0 saturated heterocycles. The number of carbonyl (C=O) groups is 3. The number of unbranched alkanes of at least 4 members (excludes halogenated alkanes) is 2. The van der Waals surface area contributed by atoms with Crippen molar-refractivity contribution in [1.82, 2.24) is 10.2 Å². The van der Waals surface area contributed by atoms with E-state index in [4.69, 9.17) is 5.73 Å². The van der Waals surface area contributed by atoms with Gasteiger partial charge in [0.25, 0.3) is 11.8 Å². The van der Waals surface area contributed by atoms with Crippen molar-refractivity contribution in [3.63, 3.8) is 0 Å². The van der Waals surface area contributed by atoms with Gasteiger partial charge in [0.15, 0.2) is 0 Å². The fourth-order valence-electron chi connectivity index (χ4n) is 4.60. The van der Waals surface area contributed by atoms with Gasteiger partial charge in [0.05, 0.1) is 12.1 Å². The fourth-order valence-corrected chi connectivity index (χ4v) is 4.60. The first kappa shape index (κ1) is 32.8. The van der Waals surface area contributed by atoms with Gasteiger partial charge in [0, 0.05) is 35.8 Å². The number of hydrogen-bond acceptors (Lipinski definition) is 5. The van der Waals surface area contributed by atoms with Crippen LogP contribution < -0.4 is 11.1 Å². The maximum Gasteiger partial charge on any atom is 0.253 e. The molecule has 0 aliphatic rings. The lowest BCUT2D eigenvalue weighted by Crippen LogP contribution is -2.50. The molecule has 220 valence electrons. The first-order chi connectivity index (χ1) is 19.0. The van der Waals surface area contributed by atoms with E-state index in [0.29, 0.717) is 25.6 Å². The topological polar surface area (TPSA) is 133 Å². The summed E-state index contributed by atoms with van der Waals surface area (Å²) in [5, 5.41) is 24.2. The zero-order valence-electron chi connectivity index (χ0n) is 23.5. The number of hydrogen-bond donors (Lipinski definition) is 4. The molecule has 0 fully saturated rings. The molecular weight excluding hydrogens is 520 g/mol.